The van der Waals surface area contributed by atoms with Crippen LogP contribution in [0, 0.1) is 5.92 Å². The summed E-state index contributed by atoms with van der Waals surface area (Å²) >= 11 is 0. The highest BCUT2D eigenvalue weighted by molar-refractivity contribution is 6.09. The maximum atomic E-state index is 12.9. The zero-order valence-corrected chi connectivity index (χ0v) is 15.3. The predicted molar refractivity (Wildman–Crippen MR) is 97.6 cm³/mol. The second-order valence-corrected chi connectivity index (χ2v) is 7.41. The van der Waals surface area contributed by atoms with Crippen molar-refractivity contribution < 1.29 is 14.4 Å². The summed E-state index contributed by atoms with van der Waals surface area (Å²) in [6.45, 7) is 1.96. The molecule has 1 spiro atoms. The first-order valence-electron chi connectivity index (χ1n) is 9.33. The molecule has 0 radical (unpaired) electrons. The van der Waals surface area contributed by atoms with Gasteiger partial charge < -0.3 is 15.0 Å². The van der Waals surface area contributed by atoms with E-state index in [1.807, 2.05) is 41.9 Å². The second-order valence-electron chi connectivity index (χ2n) is 7.41. The number of fused-ring (bicyclic) bond motifs is 1. The van der Waals surface area contributed by atoms with Crippen molar-refractivity contribution in [3.63, 3.8) is 0 Å². The van der Waals surface area contributed by atoms with Crippen LogP contribution in [0.15, 0.2) is 30.6 Å². The summed E-state index contributed by atoms with van der Waals surface area (Å²) in [7, 11) is 0. The number of hydrogen-bond acceptors (Lipinski definition) is 4. The van der Waals surface area contributed by atoms with Crippen molar-refractivity contribution >= 4 is 23.5 Å². The number of nitrogens with one attached hydrogen (secondary N) is 2. The monoisotopic (exact) mass is 369 g/mol. The first-order valence-corrected chi connectivity index (χ1v) is 9.33. The Kier molecular flexibility index (Phi) is 4.33. The molecule has 2 aromatic rings. The van der Waals surface area contributed by atoms with Gasteiger partial charge in [0.25, 0.3) is 5.91 Å². The number of hydrogen-bond donors (Lipinski definition) is 2. The van der Waals surface area contributed by atoms with E-state index in [9.17, 15) is 14.4 Å². The SMILES string of the molecule is CC1CCCCC12NC(=O)N(CC(=O)NCc1cn3ccccc3n1)C2=O. The maximum Gasteiger partial charge on any atom is 0.325 e. The van der Waals surface area contributed by atoms with Crippen LogP contribution in [0.4, 0.5) is 4.79 Å². The molecule has 2 aliphatic rings. The summed E-state index contributed by atoms with van der Waals surface area (Å²) in [5.41, 5.74) is 0.671. The number of nitrogens with zero attached hydrogens (tertiary/aromatic N) is 3. The third-order valence-corrected chi connectivity index (χ3v) is 5.68. The highest BCUT2D eigenvalue weighted by Gasteiger charge is 2.55. The van der Waals surface area contributed by atoms with Crippen LogP contribution in [0.1, 0.15) is 38.3 Å². The number of imide groups is 1. The van der Waals surface area contributed by atoms with Gasteiger partial charge in [-0.1, -0.05) is 25.8 Å². The Labute approximate surface area is 156 Å². The molecule has 2 N–H and O–H groups in total. The minimum absolute atomic E-state index is 0.0775. The van der Waals surface area contributed by atoms with Gasteiger partial charge in [0.05, 0.1) is 12.2 Å². The summed E-state index contributed by atoms with van der Waals surface area (Å²) in [6, 6.07) is 5.20. The lowest BCUT2D eigenvalue weighted by Crippen LogP contribution is -2.54. The molecule has 1 saturated heterocycles. The average molecular weight is 369 g/mol. The topological polar surface area (TPSA) is 95.8 Å². The molecule has 2 fully saturated rings. The number of carbonyl (C=O) groups excluding carboxylic acids is 3. The number of pyridine rings is 1. The first-order chi connectivity index (χ1) is 13.0. The standard InChI is InChI=1S/C19H23N5O3/c1-13-6-2-4-8-19(13)17(26)24(18(27)22-19)12-16(25)20-10-14-11-23-9-5-3-7-15(23)21-14/h3,5,7,9,11,13H,2,4,6,8,10,12H2,1H3,(H,20,25)(H,22,27). The molecular formula is C19H23N5O3. The van der Waals surface area contributed by atoms with Crippen LogP contribution in [-0.4, -0.2) is 44.2 Å². The van der Waals surface area contributed by atoms with E-state index in [4.69, 9.17) is 0 Å². The van der Waals surface area contributed by atoms with E-state index in [2.05, 4.69) is 15.6 Å². The fourth-order valence-corrected chi connectivity index (χ4v) is 4.10. The van der Waals surface area contributed by atoms with Crippen molar-refractivity contribution in [3.05, 3.63) is 36.3 Å². The predicted octanol–water partition coefficient (Wildman–Crippen LogP) is 1.45. The molecule has 27 heavy (non-hydrogen) atoms. The van der Waals surface area contributed by atoms with E-state index in [0.29, 0.717) is 12.1 Å². The maximum absolute atomic E-state index is 12.9. The molecule has 2 unspecified atom stereocenters. The number of urea groups is 1. The smallest absolute Gasteiger partial charge is 0.325 e. The Hall–Kier alpha value is -2.90. The van der Waals surface area contributed by atoms with Gasteiger partial charge in [-0.05, 0) is 30.9 Å². The van der Waals surface area contributed by atoms with Crippen molar-refractivity contribution in [2.24, 2.45) is 5.92 Å². The minimum Gasteiger partial charge on any atom is -0.349 e. The molecule has 8 nitrogen and oxygen atoms in total. The molecule has 4 amide bonds. The van der Waals surface area contributed by atoms with Crippen LogP contribution in [0.5, 0.6) is 0 Å². The van der Waals surface area contributed by atoms with E-state index >= 15 is 0 Å². The largest absolute Gasteiger partial charge is 0.349 e. The lowest BCUT2D eigenvalue weighted by Gasteiger charge is -2.36. The molecule has 2 aromatic heterocycles. The summed E-state index contributed by atoms with van der Waals surface area (Å²) in [5, 5.41) is 5.60. The van der Waals surface area contributed by atoms with E-state index in [-0.39, 0.29) is 30.8 Å². The highest BCUT2D eigenvalue weighted by atomic mass is 16.2. The van der Waals surface area contributed by atoms with Gasteiger partial charge in [0.15, 0.2) is 0 Å². The second kappa shape index (κ2) is 6.68. The molecule has 0 bridgehead atoms. The zero-order chi connectivity index (χ0) is 19.0. The van der Waals surface area contributed by atoms with Gasteiger partial charge in [-0.15, -0.1) is 0 Å². The summed E-state index contributed by atoms with van der Waals surface area (Å²) < 4.78 is 1.87. The zero-order valence-electron chi connectivity index (χ0n) is 15.3. The van der Waals surface area contributed by atoms with Crippen molar-refractivity contribution in [3.8, 4) is 0 Å². The van der Waals surface area contributed by atoms with Crippen LogP contribution >= 0.6 is 0 Å². The number of imidazole rings is 1. The third kappa shape index (κ3) is 3.05. The molecule has 0 aromatic carbocycles. The molecule has 1 aliphatic carbocycles. The summed E-state index contributed by atoms with van der Waals surface area (Å²) in [5.74, 6) is -0.576. The number of carbonyl (C=O) groups is 3. The van der Waals surface area contributed by atoms with Crippen LogP contribution in [0.3, 0.4) is 0 Å². The van der Waals surface area contributed by atoms with E-state index < -0.39 is 11.6 Å². The van der Waals surface area contributed by atoms with E-state index in [0.717, 1.165) is 29.8 Å². The number of rotatable bonds is 4. The molecule has 2 atom stereocenters. The van der Waals surface area contributed by atoms with Gasteiger partial charge in [-0.3, -0.25) is 14.5 Å². The Morgan fingerprint density at radius 3 is 3.00 bits per heavy atom. The fraction of sp³-hybridized carbons (Fsp3) is 0.474. The van der Waals surface area contributed by atoms with Gasteiger partial charge in [0.2, 0.25) is 5.91 Å². The lowest BCUT2D eigenvalue weighted by molar-refractivity contribution is -0.137. The molecular weight excluding hydrogens is 346 g/mol. The van der Waals surface area contributed by atoms with Gasteiger partial charge in [-0.25, -0.2) is 9.78 Å². The van der Waals surface area contributed by atoms with E-state index in [1.165, 1.54) is 0 Å². The first kappa shape index (κ1) is 17.5. The Balaban J connectivity index is 1.39. The Morgan fingerprint density at radius 1 is 1.37 bits per heavy atom. The van der Waals surface area contributed by atoms with Crippen LogP contribution in [0.25, 0.3) is 5.65 Å². The van der Waals surface area contributed by atoms with Crippen LogP contribution in [0.2, 0.25) is 0 Å². The van der Waals surface area contributed by atoms with Gasteiger partial charge in [0.1, 0.15) is 17.7 Å². The van der Waals surface area contributed by atoms with Crippen molar-refractivity contribution in [2.75, 3.05) is 6.54 Å². The summed E-state index contributed by atoms with van der Waals surface area (Å²) in [4.78, 5) is 43.0. The number of amides is 4. The van der Waals surface area contributed by atoms with Gasteiger partial charge in [-0.2, -0.15) is 0 Å². The quantitative estimate of drug-likeness (QED) is 0.798. The lowest BCUT2D eigenvalue weighted by atomic mass is 9.73. The average Bonchev–Trinajstić information content (AvgIpc) is 3.17. The van der Waals surface area contributed by atoms with Gasteiger partial charge >= 0.3 is 6.03 Å². The molecule has 1 aliphatic heterocycles. The summed E-state index contributed by atoms with van der Waals surface area (Å²) in [6.07, 6.45) is 7.22. The van der Waals surface area contributed by atoms with Crippen molar-refractivity contribution in [1.29, 1.82) is 0 Å². The van der Waals surface area contributed by atoms with E-state index in [1.54, 1.807) is 0 Å². The molecule has 4 rings (SSSR count). The van der Waals surface area contributed by atoms with Crippen molar-refractivity contribution in [2.45, 2.75) is 44.7 Å². The highest BCUT2D eigenvalue weighted by Crippen LogP contribution is 2.38. The minimum atomic E-state index is -0.836. The fourth-order valence-electron chi connectivity index (χ4n) is 4.10. The molecule has 3 heterocycles. The normalized spacial score (nSPS) is 25.2. The van der Waals surface area contributed by atoms with Crippen LogP contribution in [-0.2, 0) is 16.1 Å². The molecule has 8 heteroatoms. The Morgan fingerprint density at radius 2 is 2.22 bits per heavy atom. The van der Waals surface area contributed by atoms with Crippen LogP contribution < -0.4 is 10.6 Å². The third-order valence-electron chi connectivity index (χ3n) is 5.68. The molecule has 142 valence electrons. The molecule has 1 saturated carbocycles. The number of aromatic nitrogens is 2. The van der Waals surface area contributed by atoms with Crippen molar-refractivity contribution in [1.82, 2.24) is 24.9 Å². The van der Waals surface area contributed by atoms with Gasteiger partial charge in [0, 0.05) is 12.4 Å². The Bertz CT molecular complexity index is 875.